The third kappa shape index (κ3) is 5.03. The van der Waals surface area contributed by atoms with Crippen molar-refractivity contribution in [2.24, 2.45) is 0 Å². The van der Waals surface area contributed by atoms with E-state index in [1.165, 1.54) is 11.0 Å². The molecule has 7 heteroatoms. The zero-order chi connectivity index (χ0) is 23.4. The summed E-state index contributed by atoms with van der Waals surface area (Å²) in [6.45, 7) is 3.95. The fraction of sp³-hybridized carbons (Fsp3) is 0.269. The van der Waals surface area contributed by atoms with Crippen LogP contribution in [0.5, 0.6) is 5.75 Å². The van der Waals surface area contributed by atoms with Gasteiger partial charge in [0.15, 0.2) is 6.10 Å². The summed E-state index contributed by atoms with van der Waals surface area (Å²) < 4.78 is 20.2. The van der Waals surface area contributed by atoms with Gasteiger partial charge in [-0.2, -0.15) is 0 Å². The first-order valence-corrected chi connectivity index (χ1v) is 10.9. The molecule has 0 spiro atoms. The first-order chi connectivity index (χ1) is 16.0. The smallest absolute Gasteiger partial charge is 0.268 e. The lowest BCUT2D eigenvalue weighted by Crippen LogP contribution is -2.50. The predicted octanol–water partition coefficient (Wildman–Crippen LogP) is 4.26. The van der Waals surface area contributed by atoms with Crippen LogP contribution in [-0.2, 0) is 22.7 Å². The van der Waals surface area contributed by atoms with Crippen LogP contribution in [-0.4, -0.2) is 34.3 Å². The van der Waals surface area contributed by atoms with E-state index in [1.807, 2.05) is 38.1 Å². The van der Waals surface area contributed by atoms with Crippen LogP contribution in [0.1, 0.15) is 30.0 Å². The van der Waals surface area contributed by atoms with Gasteiger partial charge in [0.1, 0.15) is 18.1 Å². The van der Waals surface area contributed by atoms with Crippen molar-refractivity contribution in [3.8, 4) is 5.75 Å². The average Bonchev–Trinajstić information content (AvgIpc) is 2.82. The number of rotatable bonds is 7. The number of aromatic nitrogens is 1. The molecule has 1 aliphatic heterocycles. The molecule has 0 N–H and O–H groups in total. The summed E-state index contributed by atoms with van der Waals surface area (Å²) in [6.07, 6.45) is 3.17. The number of halogens is 1. The van der Waals surface area contributed by atoms with Crippen molar-refractivity contribution in [1.82, 2.24) is 9.88 Å². The zero-order valence-electron chi connectivity index (χ0n) is 18.7. The molecule has 1 aromatic heterocycles. The van der Waals surface area contributed by atoms with Crippen LogP contribution in [0.25, 0.3) is 0 Å². The van der Waals surface area contributed by atoms with Crippen molar-refractivity contribution in [3.05, 3.63) is 89.5 Å². The molecule has 0 saturated heterocycles. The molecule has 3 aromatic rings. The third-order valence-electron chi connectivity index (χ3n) is 5.65. The number of ether oxygens (including phenoxy) is 1. The van der Waals surface area contributed by atoms with E-state index in [0.717, 1.165) is 11.1 Å². The number of benzene rings is 2. The summed E-state index contributed by atoms with van der Waals surface area (Å²) >= 11 is 0. The minimum atomic E-state index is -0.647. The molecular formula is C26H26FN3O3. The summed E-state index contributed by atoms with van der Waals surface area (Å²) in [5, 5.41) is 0. The highest BCUT2D eigenvalue weighted by Crippen LogP contribution is 2.35. The van der Waals surface area contributed by atoms with Gasteiger partial charge < -0.3 is 9.64 Å². The van der Waals surface area contributed by atoms with Gasteiger partial charge in [0.25, 0.3) is 5.91 Å². The maximum atomic E-state index is 14.4. The minimum Gasteiger partial charge on any atom is -0.478 e. The van der Waals surface area contributed by atoms with Crippen LogP contribution in [0, 0.1) is 12.7 Å². The van der Waals surface area contributed by atoms with Crippen LogP contribution in [0.3, 0.4) is 0 Å². The lowest BCUT2D eigenvalue weighted by Gasteiger charge is -2.35. The number of fused-ring (bicyclic) bond motifs is 1. The lowest BCUT2D eigenvalue weighted by molar-refractivity contribution is -0.134. The van der Waals surface area contributed by atoms with E-state index >= 15 is 0 Å². The number of carbonyl (C=O) groups excluding carboxylic acids is 2. The molecule has 33 heavy (non-hydrogen) atoms. The summed E-state index contributed by atoms with van der Waals surface area (Å²) in [4.78, 5) is 33.8. The quantitative estimate of drug-likeness (QED) is 0.543. The molecule has 0 saturated carbocycles. The van der Waals surface area contributed by atoms with Crippen molar-refractivity contribution in [2.45, 2.75) is 39.5 Å². The van der Waals surface area contributed by atoms with Gasteiger partial charge in [-0.1, -0.05) is 37.3 Å². The average molecular weight is 448 g/mol. The predicted molar refractivity (Wildman–Crippen MR) is 123 cm³/mol. The summed E-state index contributed by atoms with van der Waals surface area (Å²) in [5.74, 6) is -0.348. The first kappa shape index (κ1) is 22.5. The highest BCUT2D eigenvalue weighted by atomic mass is 19.1. The molecule has 6 nitrogen and oxygen atoms in total. The summed E-state index contributed by atoms with van der Waals surface area (Å²) in [5.41, 5.74) is 2.75. The Bertz CT molecular complexity index is 1150. The van der Waals surface area contributed by atoms with E-state index in [-0.39, 0.29) is 37.3 Å². The van der Waals surface area contributed by atoms with Crippen LogP contribution in [0.15, 0.2) is 67.0 Å². The van der Waals surface area contributed by atoms with Crippen molar-refractivity contribution in [3.63, 3.8) is 0 Å². The molecule has 1 aliphatic rings. The standard InChI is InChI=1S/C26H26FN3O3/c1-3-23-26(32)30(22-13-18(2)10-11-24(22)33-23)17-25(31)29(15-19-7-6-12-28-14-19)16-20-8-4-5-9-21(20)27/h4-14,23H,3,15-17H2,1-2H3/t23-/m0/s1. The largest absolute Gasteiger partial charge is 0.478 e. The van der Waals surface area contributed by atoms with Crippen molar-refractivity contribution in [2.75, 3.05) is 11.4 Å². The Balaban J connectivity index is 1.64. The second kappa shape index (κ2) is 9.81. The number of carbonyl (C=O) groups is 2. The van der Waals surface area contributed by atoms with E-state index in [9.17, 15) is 14.0 Å². The van der Waals surface area contributed by atoms with E-state index in [4.69, 9.17) is 4.74 Å². The second-order valence-corrected chi connectivity index (χ2v) is 8.11. The van der Waals surface area contributed by atoms with Gasteiger partial charge in [-0.3, -0.25) is 19.5 Å². The van der Waals surface area contributed by atoms with Crippen molar-refractivity contribution >= 4 is 17.5 Å². The Morgan fingerprint density at radius 3 is 2.70 bits per heavy atom. The SMILES string of the molecule is CC[C@@H]1Oc2ccc(C)cc2N(CC(=O)N(Cc2cccnc2)Cc2ccccc2F)C1=O. The van der Waals surface area contributed by atoms with E-state index in [2.05, 4.69) is 4.98 Å². The number of amides is 2. The Morgan fingerprint density at radius 2 is 1.97 bits per heavy atom. The molecule has 0 aliphatic carbocycles. The van der Waals surface area contributed by atoms with Gasteiger partial charge in [0.2, 0.25) is 5.91 Å². The van der Waals surface area contributed by atoms with Gasteiger partial charge >= 0.3 is 0 Å². The second-order valence-electron chi connectivity index (χ2n) is 8.11. The number of hydrogen-bond donors (Lipinski definition) is 0. The Kier molecular flexibility index (Phi) is 6.68. The minimum absolute atomic E-state index is 0.0802. The Morgan fingerprint density at radius 1 is 1.15 bits per heavy atom. The number of nitrogens with zero attached hydrogens (tertiary/aromatic N) is 3. The normalized spacial score (nSPS) is 15.1. The van der Waals surface area contributed by atoms with E-state index in [0.29, 0.717) is 23.4 Å². The van der Waals surface area contributed by atoms with Crippen LogP contribution in [0.4, 0.5) is 10.1 Å². The van der Waals surface area contributed by atoms with Gasteiger partial charge in [0.05, 0.1) is 5.69 Å². The first-order valence-electron chi connectivity index (χ1n) is 10.9. The third-order valence-corrected chi connectivity index (χ3v) is 5.65. The molecule has 170 valence electrons. The number of pyridine rings is 1. The maximum Gasteiger partial charge on any atom is 0.268 e. The molecule has 1 atom stereocenters. The number of aryl methyl sites for hydroxylation is 1. The Labute approximate surface area is 192 Å². The fourth-order valence-electron chi connectivity index (χ4n) is 3.87. The Hall–Kier alpha value is -3.74. The summed E-state index contributed by atoms with van der Waals surface area (Å²) in [6, 6.07) is 15.6. The van der Waals surface area contributed by atoms with Gasteiger partial charge in [-0.15, -0.1) is 0 Å². The number of hydrogen-bond acceptors (Lipinski definition) is 4. The number of anilines is 1. The summed E-state index contributed by atoms with van der Waals surface area (Å²) in [7, 11) is 0. The lowest BCUT2D eigenvalue weighted by atomic mass is 10.1. The molecule has 0 bridgehead atoms. The maximum absolute atomic E-state index is 14.4. The topological polar surface area (TPSA) is 62.7 Å². The monoisotopic (exact) mass is 447 g/mol. The van der Waals surface area contributed by atoms with Crippen molar-refractivity contribution in [1.29, 1.82) is 0 Å². The molecule has 2 heterocycles. The molecule has 0 fully saturated rings. The molecule has 2 aromatic carbocycles. The van der Waals surface area contributed by atoms with E-state index < -0.39 is 6.10 Å². The fourth-order valence-corrected chi connectivity index (χ4v) is 3.87. The highest BCUT2D eigenvalue weighted by Gasteiger charge is 2.35. The van der Waals surface area contributed by atoms with Gasteiger partial charge in [0, 0.05) is 31.0 Å². The molecule has 2 amide bonds. The highest BCUT2D eigenvalue weighted by molar-refractivity contribution is 6.03. The van der Waals surface area contributed by atoms with Gasteiger partial charge in [-0.05, 0) is 48.7 Å². The molecular weight excluding hydrogens is 421 g/mol. The zero-order valence-corrected chi connectivity index (χ0v) is 18.7. The van der Waals surface area contributed by atoms with Crippen LogP contribution < -0.4 is 9.64 Å². The molecule has 0 radical (unpaired) electrons. The molecule has 0 unspecified atom stereocenters. The molecule has 4 rings (SSSR count). The van der Waals surface area contributed by atoms with Crippen LogP contribution >= 0.6 is 0 Å². The van der Waals surface area contributed by atoms with Gasteiger partial charge in [-0.25, -0.2) is 4.39 Å². The van der Waals surface area contributed by atoms with Crippen molar-refractivity contribution < 1.29 is 18.7 Å². The van der Waals surface area contributed by atoms with Crippen LogP contribution in [0.2, 0.25) is 0 Å². The van der Waals surface area contributed by atoms with E-state index in [1.54, 1.807) is 41.6 Å².